The molecular formula is C36H41ClN4O3S. The number of carbonyl (C=O) groups is 1. The number of nitrogens with one attached hydrogen (secondary N) is 1. The number of halogens is 1. The molecule has 7 rings (SSSR count). The standard InChI is InChI=1S/C36H41ClN4O3S/c1-23-5-3-7-30(32-19-38-15-16-39-32)29-11-8-27(29)20-41-21-36(14-4-6-25-17-28(37)10-12-31(25)36)22-44-34-13-9-26(18-33(34)41)35(42)40-45(43)24(23)2/h3,7,9-10,12-13,15-19,23-24,27,29-30H,4-6,8,11,14,20-22H2,1-2H3,(H,40,42)/b7-3+/t23?,24?,27?,29?,30?,36-,45?/m0/s1. The highest BCUT2D eigenvalue weighted by Gasteiger charge is 2.44. The van der Waals surface area contributed by atoms with E-state index in [9.17, 15) is 9.00 Å². The smallest absolute Gasteiger partial charge is 0.263 e. The molecule has 7 atom stereocenters. The summed E-state index contributed by atoms with van der Waals surface area (Å²) < 4.78 is 22.8. The van der Waals surface area contributed by atoms with Gasteiger partial charge in [-0.3, -0.25) is 19.5 Å². The van der Waals surface area contributed by atoms with Crippen molar-refractivity contribution in [3.63, 3.8) is 0 Å². The van der Waals surface area contributed by atoms with Crippen LogP contribution in [0.25, 0.3) is 0 Å². The van der Waals surface area contributed by atoms with E-state index in [-0.39, 0.29) is 28.4 Å². The number of carbonyl (C=O) groups excluding carboxylic acids is 1. The summed E-state index contributed by atoms with van der Waals surface area (Å²) in [6.45, 7) is 6.24. The van der Waals surface area contributed by atoms with Gasteiger partial charge in [-0.15, -0.1) is 0 Å². The fourth-order valence-corrected chi connectivity index (χ4v) is 9.08. The Bertz CT molecular complexity index is 1630. The van der Waals surface area contributed by atoms with Crippen LogP contribution in [0, 0.1) is 17.8 Å². The van der Waals surface area contributed by atoms with Crippen molar-refractivity contribution in [2.45, 2.75) is 69.0 Å². The molecule has 2 bridgehead atoms. The Morgan fingerprint density at radius 1 is 1.13 bits per heavy atom. The van der Waals surface area contributed by atoms with Crippen LogP contribution in [-0.2, 0) is 22.8 Å². The minimum atomic E-state index is -1.53. The maximum absolute atomic E-state index is 13.5. The molecule has 2 aliphatic heterocycles. The fourth-order valence-electron chi connectivity index (χ4n) is 7.86. The number of fused-ring (bicyclic) bond motifs is 4. The molecule has 4 aliphatic rings. The molecule has 1 N–H and O–H groups in total. The van der Waals surface area contributed by atoms with Crippen LogP contribution < -0.4 is 14.4 Å². The minimum absolute atomic E-state index is 0.121. The Kier molecular flexibility index (Phi) is 8.46. The van der Waals surface area contributed by atoms with Gasteiger partial charge in [-0.2, -0.15) is 0 Å². The molecule has 1 spiro atoms. The SMILES string of the molecule is CC1C/C=C/C(c2cnccn2)C2CCC2CN2C[C@@]3(CCCc4cc(Cl)ccc43)COc3ccc(cc32)C(=O)NS(=O)C1C. The highest BCUT2D eigenvalue weighted by atomic mass is 35.5. The lowest BCUT2D eigenvalue weighted by molar-refractivity contribution is 0.0982. The largest absolute Gasteiger partial charge is 0.490 e. The number of anilines is 1. The number of nitrogens with zero attached hydrogens (tertiary/aromatic N) is 3. The molecule has 45 heavy (non-hydrogen) atoms. The molecule has 9 heteroatoms. The van der Waals surface area contributed by atoms with Crippen LogP contribution in [0.5, 0.6) is 5.75 Å². The van der Waals surface area contributed by atoms with Crippen molar-refractivity contribution < 1.29 is 13.7 Å². The highest BCUT2D eigenvalue weighted by Crippen LogP contribution is 2.49. The van der Waals surface area contributed by atoms with E-state index in [1.165, 1.54) is 11.1 Å². The predicted molar refractivity (Wildman–Crippen MR) is 179 cm³/mol. The third-order valence-corrected chi connectivity index (χ3v) is 12.6. The fraction of sp³-hybridized carbons (Fsp3) is 0.472. The van der Waals surface area contributed by atoms with Crippen LogP contribution in [0.15, 0.2) is 67.1 Å². The van der Waals surface area contributed by atoms with Crippen LogP contribution >= 0.6 is 11.6 Å². The van der Waals surface area contributed by atoms with Crippen molar-refractivity contribution in [1.82, 2.24) is 14.7 Å². The molecule has 2 aliphatic carbocycles. The number of aryl methyl sites for hydroxylation is 1. The van der Waals surface area contributed by atoms with Gasteiger partial charge in [-0.1, -0.05) is 36.7 Å². The second-order valence-corrected chi connectivity index (χ2v) is 15.5. The molecular weight excluding hydrogens is 604 g/mol. The quantitative estimate of drug-likeness (QED) is 0.294. The Labute approximate surface area is 273 Å². The summed E-state index contributed by atoms with van der Waals surface area (Å²) in [4.78, 5) is 25.1. The topological polar surface area (TPSA) is 84.4 Å². The zero-order valence-corrected chi connectivity index (χ0v) is 27.5. The second-order valence-electron chi connectivity index (χ2n) is 13.5. The molecule has 1 saturated carbocycles. The summed E-state index contributed by atoms with van der Waals surface area (Å²) in [6, 6.07) is 12.0. The van der Waals surface area contributed by atoms with Crippen LogP contribution in [0.2, 0.25) is 5.02 Å². The third-order valence-electron chi connectivity index (χ3n) is 10.8. The molecule has 236 valence electrons. The number of amides is 1. The molecule has 1 aromatic heterocycles. The Balaban J connectivity index is 1.31. The van der Waals surface area contributed by atoms with Gasteiger partial charge in [0.2, 0.25) is 0 Å². The van der Waals surface area contributed by atoms with E-state index in [1.807, 2.05) is 31.3 Å². The summed E-state index contributed by atoms with van der Waals surface area (Å²) >= 11 is 6.45. The average molecular weight is 645 g/mol. The molecule has 3 aromatic rings. The molecule has 6 unspecified atom stereocenters. The van der Waals surface area contributed by atoms with Crippen molar-refractivity contribution in [1.29, 1.82) is 0 Å². The lowest BCUT2D eigenvalue weighted by Gasteiger charge is -2.46. The first-order chi connectivity index (χ1) is 21.8. The summed E-state index contributed by atoms with van der Waals surface area (Å²) in [7, 11) is -1.53. The predicted octanol–water partition coefficient (Wildman–Crippen LogP) is 6.79. The third kappa shape index (κ3) is 5.92. The first kappa shape index (κ1) is 30.4. The Morgan fingerprint density at radius 3 is 2.82 bits per heavy atom. The monoisotopic (exact) mass is 644 g/mol. The molecule has 0 radical (unpaired) electrons. The van der Waals surface area contributed by atoms with Gasteiger partial charge in [0.1, 0.15) is 16.7 Å². The summed E-state index contributed by atoms with van der Waals surface area (Å²) in [5.74, 6) is 1.59. The van der Waals surface area contributed by atoms with Gasteiger partial charge in [-0.05, 0) is 105 Å². The minimum Gasteiger partial charge on any atom is -0.490 e. The summed E-state index contributed by atoms with van der Waals surface area (Å²) in [5.41, 5.74) is 4.85. The molecule has 0 saturated heterocycles. The van der Waals surface area contributed by atoms with Crippen LogP contribution in [0.3, 0.4) is 0 Å². The van der Waals surface area contributed by atoms with E-state index in [2.05, 4.69) is 45.8 Å². The maximum Gasteiger partial charge on any atom is 0.263 e. The lowest BCUT2D eigenvalue weighted by atomic mass is 9.65. The van der Waals surface area contributed by atoms with Crippen molar-refractivity contribution in [3.8, 4) is 5.75 Å². The first-order valence-corrected chi connectivity index (χ1v) is 17.9. The van der Waals surface area contributed by atoms with Crippen molar-refractivity contribution >= 4 is 34.2 Å². The maximum atomic E-state index is 13.5. The zero-order chi connectivity index (χ0) is 31.1. The normalized spacial score (nSPS) is 32.2. The number of hydrogen-bond acceptors (Lipinski definition) is 6. The van der Waals surface area contributed by atoms with Gasteiger partial charge in [0, 0.05) is 53.6 Å². The first-order valence-electron chi connectivity index (χ1n) is 16.3. The van der Waals surface area contributed by atoms with E-state index in [0.717, 1.165) is 73.8 Å². The van der Waals surface area contributed by atoms with E-state index in [0.29, 0.717) is 24.0 Å². The molecule has 3 heterocycles. The van der Waals surface area contributed by atoms with Crippen LogP contribution in [-0.4, -0.2) is 45.0 Å². The van der Waals surface area contributed by atoms with E-state index in [4.69, 9.17) is 21.3 Å². The number of allylic oxidation sites excluding steroid dienone is 2. The zero-order valence-electron chi connectivity index (χ0n) is 26.0. The molecule has 1 amide bonds. The number of ether oxygens (including phenoxy) is 1. The van der Waals surface area contributed by atoms with Gasteiger partial charge < -0.3 is 9.64 Å². The lowest BCUT2D eigenvalue weighted by Crippen LogP contribution is -2.49. The number of benzene rings is 2. The molecule has 2 aromatic carbocycles. The van der Waals surface area contributed by atoms with Crippen LogP contribution in [0.1, 0.15) is 79.0 Å². The molecule has 7 nitrogen and oxygen atoms in total. The van der Waals surface area contributed by atoms with Gasteiger partial charge in [0.25, 0.3) is 5.91 Å². The van der Waals surface area contributed by atoms with E-state index in [1.54, 1.807) is 18.5 Å². The molecule has 1 fully saturated rings. The van der Waals surface area contributed by atoms with E-state index >= 15 is 0 Å². The number of rotatable bonds is 1. The van der Waals surface area contributed by atoms with Crippen LogP contribution in [0.4, 0.5) is 5.69 Å². The Morgan fingerprint density at radius 2 is 2.02 bits per heavy atom. The highest BCUT2D eigenvalue weighted by molar-refractivity contribution is 7.84. The van der Waals surface area contributed by atoms with Gasteiger partial charge >= 0.3 is 0 Å². The summed E-state index contributed by atoms with van der Waals surface area (Å²) in [6.07, 6.45) is 16.1. The van der Waals surface area contributed by atoms with E-state index < -0.39 is 11.0 Å². The van der Waals surface area contributed by atoms with Gasteiger partial charge in [0.15, 0.2) is 0 Å². The number of hydrogen-bond donors (Lipinski definition) is 1. The Hall–Kier alpha value is -3.23. The average Bonchev–Trinajstić information content (AvgIpc) is 3.18. The van der Waals surface area contributed by atoms with Gasteiger partial charge in [0.05, 0.1) is 23.2 Å². The second kappa shape index (κ2) is 12.5. The van der Waals surface area contributed by atoms with Crippen molar-refractivity contribution in [3.05, 3.63) is 94.5 Å². The number of aromatic nitrogens is 2. The van der Waals surface area contributed by atoms with Crippen molar-refractivity contribution in [2.24, 2.45) is 17.8 Å². The van der Waals surface area contributed by atoms with Crippen molar-refractivity contribution in [2.75, 3.05) is 24.6 Å². The summed E-state index contributed by atoms with van der Waals surface area (Å²) in [5, 5.41) is 0.559. The van der Waals surface area contributed by atoms with Gasteiger partial charge in [-0.25, -0.2) is 4.21 Å².